The lowest BCUT2D eigenvalue weighted by Gasteiger charge is -2.30. The molecule has 1 fully saturated rings. The van der Waals surface area contributed by atoms with Gasteiger partial charge in [0.25, 0.3) is 0 Å². The molecule has 1 aromatic rings. The molecule has 2 unspecified atom stereocenters. The normalized spacial score (nSPS) is 24.0. The lowest BCUT2D eigenvalue weighted by Crippen LogP contribution is -2.37. The van der Waals surface area contributed by atoms with Crippen molar-refractivity contribution < 1.29 is 9.13 Å². The molecular formula is C13H17ClFNO. The van der Waals surface area contributed by atoms with Crippen molar-refractivity contribution in [1.29, 1.82) is 0 Å². The Hall–Kier alpha value is -0.800. The third kappa shape index (κ3) is 2.55. The Morgan fingerprint density at radius 1 is 1.53 bits per heavy atom. The van der Waals surface area contributed by atoms with Gasteiger partial charge in [0.1, 0.15) is 5.82 Å². The first-order chi connectivity index (χ1) is 8.13. The minimum absolute atomic E-state index is 0.202. The van der Waals surface area contributed by atoms with E-state index >= 15 is 0 Å². The predicted octanol–water partition coefficient (Wildman–Crippen LogP) is 3.18. The van der Waals surface area contributed by atoms with Crippen LogP contribution in [0.3, 0.4) is 0 Å². The fraction of sp³-hybridized carbons (Fsp3) is 0.538. The second-order valence-electron chi connectivity index (χ2n) is 4.45. The van der Waals surface area contributed by atoms with Crippen molar-refractivity contribution in [2.75, 3.05) is 18.6 Å². The third-order valence-corrected chi connectivity index (χ3v) is 3.69. The number of rotatable bonds is 3. The smallest absolute Gasteiger partial charge is 0.123 e. The van der Waals surface area contributed by atoms with Gasteiger partial charge in [-0.05, 0) is 37.1 Å². The highest BCUT2D eigenvalue weighted by atomic mass is 35.5. The zero-order chi connectivity index (χ0) is 12.4. The molecule has 0 aromatic heterocycles. The number of ether oxygens (including phenoxy) is 1. The summed E-state index contributed by atoms with van der Waals surface area (Å²) in [6.07, 6.45) is 1.20. The van der Waals surface area contributed by atoms with Gasteiger partial charge in [-0.25, -0.2) is 4.39 Å². The Morgan fingerprint density at radius 2 is 2.29 bits per heavy atom. The minimum atomic E-state index is -0.242. The lowest BCUT2D eigenvalue weighted by atomic mass is 10.1. The molecule has 1 aromatic carbocycles. The average molecular weight is 258 g/mol. The molecular weight excluding hydrogens is 241 g/mol. The first-order valence-electron chi connectivity index (χ1n) is 5.82. The molecule has 94 valence electrons. The van der Waals surface area contributed by atoms with Crippen LogP contribution >= 0.6 is 11.6 Å². The number of nitrogens with zero attached hydrogens (tertiary/aromatic N) is 1. The van der Waals surface area contributed by atoms with Crippen LogP contribution < -0.4 is 4.90 Å². The molecule has 0 aliphatic carbocycles. The zero-order valence-electron chi connectivity index (χ0n) is 10.1. The van der Waals surface area contributed by atoms with Crippen molar-refractivity contribution in [3.63, 3.8) is 0 Å². The van der Waals surface area contributed by atoms with Crippen LogP contribution in [0.25, 0.3) is 0 Å². The van der Waals surface area contributed by atoms with E-state index in [1.54, 1.807) is 6.07 Å². The van der Waals surface area contributed by atoms with Gasteiger partial charge in [-0.2, -0.15) is 0 Å². The van der Waals surface area contributed by atoms with Crippen LogP contribution in [0.2, 0.25) is 0 Å². The van der Waals surface area contributed by atoms with Crippen LogP contribution in [-0.2, 0) is 10.6 Å². The van der Waals surface area contributed by atoms with E-state index in [4.69, 9.17) is 16.3 Å². The van der Waals surface area contributed by atoms with Crippen molar-refractivity contribution in [1.82, 2.24) is 0 Å². The number of hydrogen-bond donors (Lipinski definition) is 0. The van der Waals surface area contributed by atoms with Gasteiger partial charge >= 0.3 is 0 Å². The summed E-state index contributed by atoms with van der Waals surface area (Å²) in [7, 11) is 2.01. The topological polar surface area (TPSA) is 12.5 Å². The third-order valence-electron chi connectivity index (χ3n) is 3.40. The first-order valence-corrected chi connectivity index (χ1v) is 6.35. The van der Waals surface area contributed by atoms with Gasteiger partial charge in [0.15, 0.2) is 0 Å². The van der Waals surface area contributed by atoms with Crippen molar-refractivity contribution in [2.45, 2.75) is 31.4 Å². The number of anilines is 1. The van der Waals surface area contributed by atoms with Gasteiger partial charge in [0.05, 0.1) is 12.1 Å². The summed E-state index contributed by atoms with van der Waals surface area (Å²) in [5.41, 5.74) is 1.82. The molecule has 1 aliphatic heterocycles. The van der Waals surface area contributed by atoms with Gasteiger partial charge in [-0.15, -0.1) is 11.6 Å². The maximum Gasteiger partial charge on any atom is 0.123 e. The summed E-state index contributed by atoms with van der Waals surface area (Å²) in [5, 5.41) is 0. The highest BCUT2D eigenvalue weighted by Gasteiger charge is 2.28. The number of likely N-dealkylation sites (N-methyl/N-ethyl adjacent to an activating group) is 1. The van der Waals surface area contributed by atoms with E-state index in [-0.39, 0.29) is 11.9 Å². The average Bonchev–Trinajstić information content (AvgIpc) is 2.74. The molecule has 1 aliphatic rings. The Balaban J connectivity index is 2.26. The molecule has 0 radical (unpaired) electrons. The van der Waals surface area contributed by atoms with E-state index in [0.29, 0.717) is 11.9 Å². The maximum absolute atomic E-state index is 13.1. The molecule has 0 spiro atoms. The summed E-state index contributed by atoms with van der Waals surface area (Å²) in [6, 6.07) is 5.10. The number of benzene rings is 1. The van der Waals surface area contributed by atoms with Gasteiger partial charge < -0.3 is 9.64 Å². The number of alkyl halides is 1. The largest absolute Gasteiger partial charge is 0.376 e. The molecule has 2 nitrogen and oxygen atoms in total. The first kappa shape index (κ1) is 12.7. The molecule has 1 saturated heterocycles. The minimum Gasteiger partial charge on any atom is -0.376 e. The van der Waals surface area contributed by atoms with Crippen molar-refractivity contribution in [3.8, 4) is 0 Å². The van der Waals surface area contributed by atoms with Gasteiger partial charge in [-0.1, -0.05) is 0 Å². The second-order valence-corrected chi connectivity index (χ2v) is 4.72. The van der Waals surface area contributed by atoms with Crippen LogP contribution in [-0.4, -0.2) is 25.8 Å². The summed E-state index contributed by atoms with van der Waals surface area (Å²) < 4.78 is 18.7. The molecule has 17 heavy (non-hydrogen) atoms. The summed E-state index contributed by atoms with van der Waals surface area (Å²) in [4.78, 5) is 2.15. The van der Waals surface area contributed by atoms with Crippen LogP contribution in [0.1, 0.15) is 18.9 Å². The fourth-order valence-corrected chi connectivity index (χ4v) is 2.63. The van der Waals surface area contributed by atoms with E-state index in [0.717, 1.165) is 24.3 Å². The van der Waals surface area contributed by atoms with Crippen molar-refractivity contribution in [2.24, 2.45) is 0 Å². The second kappa shape index (κ2) is 5.23. The van der Waals surface area contributed by atoms with Crippen LogP contribution in [0, 0.1) is 5.82 Å². The predicted molar refractivity (Wildman–Crippen MR) is 68.2 cm³/mol. The van der Waals surface area contributed by atoms with Crippen molar-refractivity contribution >= 4 is 17.3 Å². The van der Waals surface area contributed by atoms with E-state index in [9.17, 15) is 4.39 Å². The fourth-order valence-electron chi connectivity index (χ4n) is 2.41. The molecule has 4 heteroatoms. The molecule has 0 saturated carbocycles. The molecule has 0 bridgehead atoms. The Morgan fingerprint density at radius 3 is 2.88 bits per heavy atom. The summed E-state index contributed by atoms with van der Waals surface area (Å²) >= 11 is 5.87. The van der Waals surface area contributed by atoms with Gasteiger partial charge in [-0.3, -0.25) is 0 Å². The highest BCUT2D eigenvalue weighted by molar-refractivity contribution is 6.17. The quantitative estimate of drug-likeness (QED) is 0.772. The number of hydrogen-bond acceptors (Lipinski definition) is 2. The van der Waals surface area contributed by atoms with Crippen LogP contribution in [0.15, 0.2) is 18.2 Å². The lowest BCUT2D eigenvalue weighted by molar-refractivity contribution is 0.118. The van der Waals surface area contributed by atoms with E-state index < -0.39 is 0 Å². The Bertz CT molecular complexity index is 399. The van der Waals surface area contributed by atoms with E-state index in [2.05, 4.69) is 11.8 Å². The van der Waals surface area contributed by atoms with E-state index in [1.807, 2.05) is 7.05 Å². The van der Waals surface area contributed by atoms with Crippen LogP contribution in [0.4, 0.5) is 10.1 Å². The molecule has 2 atom stereocenters. The molecule has 1 heterocycles. The monoisotopic (exact) mass is 257 g/mol. The molecule has 0 N–H and O–H groups in total. The maximum atomic E-state index is 13.1. The summed E-state index contributed by atoms with van der Waals surface area (Å²) in [6.45, 7) is 2.85. The van der Waals surface area contributed by atoms with Gasteiger partial charge in [0, 0.05) is 25.2 Å². The van der Waals surface area contributed by atoms with E-state index in [1.165, 1.54) is 12.1 Å². The van der Waals surface area contributed by atoms with Crippen molar-refractivity contribution in [3.05, 3.63) is 29.6 Å². The Kier molecular flexibility index (Phi) is 3.89. The van der Waals surface area contributed by atoms with Gasteiger partial charge in [0.2, 0.25) is 0 Å². The van der Waals surface area contributed by atoms with Crippen LogP contribution in [0.5, 0.6) is 0 Å². The molecule has 2 rings (SSSR count). The SMILES string of the molecule is CC1OCCC1N(C)c1ccc(F)cc1CCl. The number of halogens is 2. The summed E-state index contributed by atoms with van der Waals surface area (Å²) in [5.74, 6) is 0.0767. The highest BCUT2D eigenvalue weighted by Crippen LogP contribution is 2.28. The Labute approximate surface area is 106 Å². The zero-order valence-corrected chi connectivity index (χ0v) is 10.9. The standard InChI is InChI=1S/C13H17ClFNO/c1-9-12(5-6-17-9)16(2)13-4-3-11(15)7-10(13)8-14/h3-4,7,9,12H,5-6,8H2,1-2H3. The molecule has 0 amide bonds.